The molecule has 1 saturated carbocycles. The number of rotatable bonds is 8. The molecule has 0 amide bonds. The number of unbranched alkanes of at least 4 members (excludes halogenated alkanes) is 3. The number of β-amino-alcohol motifs (C(OH)–C–C–N with tert-alkyl or cyclic N) is 1. The van der Waals surface area contributed by atoms with Gasteiger partial charge in [0.25, 0.3) is 0 Å². The molecule has 1 heterocycles. The van der Waals surface area contributed by atoms with Gasteiger partial charge in [-0.15, -0.1) is 0 Å². The summed E-state index contributed by atoms with van der Waals surface area (Å²) in [4.78, 5) is 2.12. The van der Waals surface area contributed by atoms with E-state index in [1.54, 1.807) is 0 Å². The Morgan fingerprint density at radius 2 is 1.58 bits per heavy atom. The summed E-state index contributed by atoms with van der Waals surface area (Å²) < 4.78 is 0. The lowest BCUT2D eigenvalue weighted by Crippen LogP contribution is -2.61. The highest BCUT2D eigenvalue weighted by molar-refractivity contribution is 4.93. The zero-order chi connectivity index (χ0) is 17.6. The van der Waals surface area contributed by atoms with Crippen LogP contribution in [0.1, 0.15) is 77.6 Å². The van der Waals surface area contributed by atoms with Crippen LogP contribution < -0.4 is 0 Å². The maximum absolute atomic E-state index is 10.5. The molecule has 4 N–H and O–H groups in total. The van der Waals surface area contributed by atoms with Gasteiger partial charge in [-0.25, -0.2) is 0 Å². The zero-order valence-electron chi connectivity index (χ0n) is 15.2. The molecular weight excluding hydrogens is 306 g/mol. The Kier molecular flexibility index (Phi) is 7.95. The summed E-state index contributed by atoms with van der Waals surface area (Å²) in [5, 5.41) is 40.3. The van der Waals surface area contributed by atoms with Crippen LogP contribution in [0.5, 0.6) is 0 Å². The van der Waals surface area contributed by atoms with Gasteiger partial charge in [0.2, 0.25) is 0 Å². The first kappa shape index (κ1) is 20.1. The van der Waals surface area contributed by atoms with Gasteiger partial charge in [-0.3, -0.25) is 4.90 Å². The Balaban J connectivity index is 1.62. The molecule has 0 unspecified atom stereocenters. The summed E-state index contributed by atoms with van der Waals surface area (Å²) in [6.45, 7) is 3.30. The smallest absolute Gasteiger partial charge is 0.108 e. The zero-order valence-corrected chi connectivity index (χ0v) is 15.2. The molecule has 0 spiro atoms. The molecule has 2 rings (SSSR count). The Hall–Kier alpha value is -0.200. The third-order valence-electron chi connectivity index (χ3n) is 6.07. The molecule has 142 valence electrons. The molecule has 2 fully saturated rings. The summed E-state index contributed by atoms with van der Waals surface area (Å²) in [7, 11) is 0. The molecule has 1 aliphatic heterocycles. The van der Waals surface area contributed by atoms with E-state index >= 15 is 0 Å². The largest absolute Gasteiger partial charge is 0.390 e. The molecule has 1 aliphatic carbocycles. The van der Waals surface area contributed by atoms with E-state index in [0.29, 0.717) is 6.54 Å². The predicted molar refractivity (Wildman–Crippen MR) is 94.8 cm³/mol. The van der Waals surface area contributed by atoms with Crippen molar-refractivity contribution < 1.29 is 20.4 Å². The van der Waals surface area contributed by atoms with Crippen LogP contribution in [-0.2, 0) is 0 Å². The van der Waals surface area contributed by atoms with Crippen LogP contribution in [0, 0.1) is 0 Å². The van der Waals surface area contributed by atoms with Crippen molar-refractivity contribution in [1.29, 1.82) is 0 Å². The second-order valence-corrected chi connectivity index (χ2v) is 7.97. The fraction of sp³-hybridized carbons (Fsp3) is 1.00. The van der Waals surface area contributed by atoms with Crippen molar-refractivity contribution in [3.63, 3.8) is 0 Å². The van der Waals surface area contributed by atoms with Crippen molar-refractivity contribution in [3.8, 4) is 0 Å². The normalized spacial score (nSPS) is 34.4. The Bertz CT molecular complexity index is 359. The summed E-state index contributed by atoms with van der Waals surface area (Å²) >= 11 is 0. The number of nitrogens with zero attached hydrogens (tertiary/aromatic N) is 1. The number of piperidine rings is 1. The number of hydrogen-bond donors (Lipinski definition) is 4. The molecular formula is C19H37NO4. The lowest BCUT2D eigenvalue weighted by Gasteiger charge is -2.43. The standard InChI is InChI=1S/C19H37NO4/c1-2-15-17(22)18(23)16(21)14-20(15)13-9-4-3-6-10-19(24)11-7-5-8-12-19/h15-18,21-24H,2-14H2,1H3/t15-,16+,17-,18-/m1/s1. The maximum atomic E-state index is 10.5. The van der Waals surface area contributed by atoms with Crippen molar-refractivity contribution in [3.05, 3.63) is 0 Å². The summed E-state index contributed by atoms with van der Waals surface area (Å²) in [6.07, 6.45) is 8.85. The SMILES string of the molecule is CC[C@@H]1[C@@H](O)[C@H](O)[C@@H](O)CN1CCCCCCC1(O)CCCCC1. The van der Waals surface area contributed by atoms with Gasteiger partial charge < -0.3 is 20.4 Å². The molecule has 5 nitrogen and oxygen atoms in total. The van der Waals surface area contributed by atoms with E-state index < -0.39 is 23.9 Å². The van der Waals surface area contributed by atoms with Crippen molar-refractivity contribution in [2.24, 2.45) is 0 Å². The average molecular weight is 344 g/mol. The van der Waals surface area contributed by atoms with Gasteiger partial charge in [0.05, 0.1) is 17.8 Å². The van der Waals surface area contributed by atoms with Crippen LogP contribution in [0.4, 0.5) is 0 Å². The Labute approximate surface area is 146 Å². The van der Waals surface area contributed by atoms with Gasteiger partial charge in [0.15, 0.2) is 0 Å². The fourth-order valence-electron chi connectivity index (χ4n) is 4.49. The van der Waals surface area contributed by atoms with Crippen LogP contribution in [0.25, 0.3) is 0 Å². The predicted octanol–water partition coefficient (Wildman–Crippen LogP) is 1.81. The van der Waals surface area contributed by atoms with E-state index in [4.69, 9.17) is 0 Å². The average Bonchev–Trinajstić information content (AvgIpc) is 2.56. The minimum atomic E-state index is -1.03. The van der Waals surface area contributed by atoms with Crippen molar-refractivity contribution >= 4 is 0 Å². The highest BCUT2D eigenvalue weighted by Crippen LogP contribution is 2.32. The van der Waals surface area contributed by atoms with E-state index in [1.165, 1.54) is 19.3 Å². The molecule has 5 heteroatoms. The third-order valence-corrected chi connectivity index (χ3v) is 6.07. The van der Waals surface area contributed by atoms with Crippen LogP contribution in [0.15, 0.2) is 0 Å². The molecule has 4 atom stereocenters. The molecule has 0 aromatic heterocycles. The molecule has 2 aliphatic rings. The van der Waals surface area contributed by atoms with Crippen molar-refractivity contribution in [2.75, 3.05) is 13.1 Å². The number of aliphatic hydroxyl groups excluding tert-OH is 3. The first-order valence-electron chi connectivity index (χ1n) is 9.97. The molecule has 0 aromatic rings. The topological polar surface area (TPSA) is 84.2 Å². The molecule has 1 saturated heterocycles. The second-order valence-electron chi connectivity index (χ2n) is 7.97. The molecule has 0 radical (unpaired) electrons. The quantitative estimate of drug-likeness (QED) is 0.505. The van der Waals surface area contributed by atoms with Crippen LogP contribution in [-0.4, -0.2) is 68.4 Å². The minimum Gasteiger partial charge on any atom is -0.390 e. The van der Waals surface area contributed by atoms with Crippen molar-refractivity contribution in [2.45, 2.75) is 108 Å². The first-order chi connectivity index (χ1) is 11.5. The highest BCUT2D eigenvalue weighted by atomic mass is 16.4. The van der Waals surface area contributed by atoms with E-state index in [2.05, 4.69) is 4.90 Å². The lowest BCUT2D eigenvalue weighted by atomic mass is 9.81. The van der Waals surface area contributed by atoms with Gasteiger partial charge in [0.1, 0.15) is 6.10 Å². The van der Waals surface area contributed by atoms with Crippen molar-refractivity contribution in [1.82, 2.24) is 4.90 Å². The fourth-order valence-corrected chi connectivity index (χ4v) is 4.49. The van der Waals surface area contributed by atoms with E-state index in [9.17, 15) is 20.4 Å². The number of hydrogen-bond acceptors (Lipinski definition) is 5. The maximum Gasteiger partial charge on any atom is 0.108 e. The Morgan fingerprint density at radius 3 is 2.25 bits per heavy atom. The summed E-state index contributed by atoms with van der Waals surface area (Å²) in [5.41, 5.74) is -0.400. The van der Waals surface area contributed by atoms with Gasteiger partial charge >= 0.3 is 0 Å². The van der Waals surface area contributed by atoms with Crippen LogP contribution >= 0.6 is 0 Å². The van der Waals surface area contributed by atoms with E-state index in [-0.39, 0.29) is 6.04 Å². The number of likely N-dealkylation sites (tertiary alicyclic amines) is 1. The number of aliphatic hydroxyl groups is 4. The van der Waals surface area contributed by atoms with Crippen LogP contribution in [0.3, 0.4) is 0 Å². The minimum absolute atomic E-state index is 0.0636. The van der Waals surface area contributed by atoms with E-state index in [1.807, 2.05) is 6.92 Å². The molecule has 0 bridgehead atoms. The van der Waals surface area contributed by atoms with Crippen LogP contribution in [0.2, 0.25) is 0 Å². The summed E-state index contributed by atoms with van der Waals surface area (Å²) in [5.74, 6) is 0. The third kappa shape index (κ3) is 5.40. The first-order valence-corrected chi connectivity index (χ1v) is 9.97. The summed E-state index contributed by atoms with van der Waals surface area (Å²) in [6, 6.07) is -0.0636. The molecule has 24 heavy (non-hydrogen) atoms. The molecule has 0 aromatic carbocycles. The monoisotopic (exact) mass is 343 g/mol. The van der Waals surface area contributed by atoms with Gasteiger partial charge in [0, 0.05) is 12.6 Å². The van der Waals surface area contributed by atoms with E-state index in [0.717, 1.165) is 57.9 Å². The van der Waals surface area contributed by atoms with Gasteiger partial charge in [-0.05, 0) is 38.6 Å². The second kappa shape index (κ2) is 9.48. The Morgan fingerprint density at radius 1 is 0.917 bits per heavy atom. The highest BCUT2D eigenvalue weighted by Gasteiger charge is 2.39. The lowest BCUT2D eigenvalue weighted by molar-refractivity contribution is -0.137. The van der Waals surface area contributed by atoms with Gasteiger partial charge in [-0.1, -0.05) is 45.4 Å². The van der Waals surface area contributed by atoms with Gasteiger partial charge in [-0.2, -0.15) is 0 Å².